The molecule has 0 amide bonds. The van der Waals surface area contributed by atoms with Crippen molar-refractivity contribution in [3.05, 3.63) is 27.7 Å². The van der Waals surface area contributed by atoms with Crippen molar-refractivity contribution >= 4 is 38.5 Å². The van der Waals surface area contributed by atoms with Crippen molar-refractivity contribution in [2.24, 2.45) is 4.99 Å². The summed E-state index contributed by atoms with van der Waals surface area (Å²) in [6.07, 6.45) is 2.09. The molecule has 0 atom stereocenters. The minimum absolute atomic E-state index is 0.116. The van der Waals surface area contributed by atoms with E-state index in [2.05, 4.69) is 47.2 Å². The predicted octanol–water partition coefficient (Wildman–Crippen LogP) is 4.13. The van der Waals surface area contributed by atoms with Gasteiger partial charge in [-0.15, -0.1) is 0 Å². The second-order valence-corrected chi connectivity index (χ2v) is 7.35. The van der Waals surface area contributed by atoms with Gasteiger partial charge in [0.05, 0.1) is 5.54 Å². The number of hydrogen-bond acceptors (Lipinski definition) is 4. The Labute approximate surface area is 132 Å². The fraction of sp³-hybridized carbons (Fsp3) is 0.533. The predicted molar refractivity (Wildman–Crippen MR) is 89.9 cm³/mol. The first kappa shape index (κ1) is 14.4. The molecule has 2 heterocycles. The van der Waals surface area contributed by atoms with Crippen molar-refractivity contribution in [3.8, 4) is 0 Å². The van der Waals surface area contributed by atoms with Crippen molar-refractivity contribution in [1.82, 2.24) is 0 Å². The molecular weight excluding hydrogens is 336 g/mol. The van der Waals surface area contributed by atoms with Crippen LogP contribution >= 0.6 is 27.7 Å². The topological polar surface area (TPSA) is 33.6 Å². The molecular formula is C15H19BrN2OS. The Morgan fingerprint density at radius 3 is 2.55 bits per heavy atom. The average molecular weight is 355 g/mol. The van der Waals surface area contributed by atoms with Crippen LogP contribution in [0.5, 0.6) is 0 Å². The van der Waals surface area contributed by atoms with Crippen LogP contribution in [0.3, 0.4) is 0 Å². The Bertz CT molecular complexity index is 530. The highest BCUT2D eigenvalue weighted by Crippen LogP contribution is 2.36. The summed E-state index contributed by atoms with van der Waals surface area (Å²) in [7, 11) is 0. The maximum Gasteiger partial charge on any atom is 0.161 e. The number of ether oxygens (including phenoxy) is 1. The van der Waals surface area contributed by atoms with Crippen LogP contribution in [0.2, 0.25) is 0 Å². The van der Waals surface area contributed by atoms with Crippen molar-refractivity contribution in [1.29, 1.82) is 0 Å². The Morgan fingerprint density at radius 2 is 1.90 bits per heavy atom. The van der Waals surface area contributed by atoms with Gasteiger partial charge in [-0.1, -0.05) is 27.7 Å². The molecule has 1 saturated heterocycles. The molecule has 3 nitrogen and oxygen atoms in total. The third kappa shape index (κ3) is 2.90. The van der Waals surface area contributed by atoms with Crippen molar-refractivity contribution in [3.63, 3.8) is 0 Å². The Morgan fingerprint density at radius 1 is 1.25 bits per heavy atom. The molecule has 1 spiro atoms. The number of aryl methyl sites for hydroxylation is 2. The monoisotopic (exact) mass is 354 g/mol. The first-order valence-corrected chi connectivity index (χ1v) is 8.70. The lowest BCUT2D eigenvalue weighted by Crippen LogP contribution is -2.34. The molecule has 108 valence electrons. The van der Waals surface area contributed by atoms with Crippen LogP contribution in [-0.4, -0.2) is 29.7 Å². The van der Waals surface area contributed by atoms with Gasteiger partial charge >= 0.3 is 0 Å². The zero-order valence-electron chi connectivity index (χ0n) is 11.8. The summed E-state index contributed by atoms with van der Waals surface area (Å²) < 4.78 is 6.64. The van der Waals surface area contributed by atoms with Gasteiger partial charge in [-0.05, 0) is 49.9 Å². The first-order chi connectivity index (χ1) is 9.58. The third-order valence-electron chi connectivity index (χ3n) is 3.93. The Hall–Kier alpha value is -0.520. The molecule has 2 aliphatic rings. The number of halogens is 1. The molecule has 5 heteroatoms. The smallest absolute Gasteiger partial charge is 0.161 e. The standard InChI is InChI=1S/C15H19BrN2OS/c1-10-7-12(8-11(2)13(10)16)17-14-18-15(9-20-14)3-5-19-6-4-15/h7-8H,3-6,9H2,1-2H3,(H,17,18). The number of nitrogens with zero attached hydrogens (tertiary/aromatic N) is 1. The normalized spacial score (nSPS) is 21.1. The summed E-state index contributed by atoms with van der Waals surface area (Å²) >= 11 is 5.44. The highest BCUT2D eigenvalue weighted by Gasteiger charge is 2.37. The van der Waals surface area contributed by atoms with E-state index in [1.165, 1.54) is 15.6 Å². The van der Waals surface area contributed by atoms with E-state index in [4.69, 9.17) is 9.73 Å². The van der Waals surface area contributed by atoms with Crippen LogP contribution in [0.15, 0.2) is 21.6 Å². The molecule has 1 aromatic rings. The van der Waals surface area contributed by atoms with Gasteiger partial charge in [0.2, 0.25) is 0 Å². The lowest BCUT2D eigenvalue weighted by molar-refractivity contribution is 0.0624. The second kappa shape index (κ2) is 5.70. The van der Waals surface area contributed by atoms with Gasteiger partial charge in [-0.25, -0.2) is 0 Å². The van der Waals surface area contributed by atoms with E-state index < -0.39 is 0 Å². The van der Waals surface area contributed by atoms with Crippen molar-refractivity contribution < 1.29 is 4.74 Å². The average Bonchev–Trinajstić information content (AvgIpc) is 2.79. The van der Waals surface area contributed by atoms with Gasteiger partial charge in [0.1, 0.15) is 0 Å². The minimum atomic E-state index is 0.116. The molecule has 0 aromatic heterocycles. The minimum Gasteiger partial charge on any atom is -0.381 e. The quantitative estimate of drug-likeness (QED) is 0.822. The fourth-order valence-corrected chi connectivity index (χ4v) is 4.13. The van der Waals surface area contributed by atoms with Crippen LogP contribution in [0, 0.1) is 13.8 Å². The second-order valence-electron chi connectivity index (χ2n) is 5.59. The van der Waals surface area contributed by atoms with E-state index in [0.717, 1.165) is 42.7 Å². The number of anilines is 1. The lowest BCUT2D eigenvalue weighted by atomic mass is 9.93. The van der Waals surface area contributed by atoms with Crippen LogP contribution in [0.4, 0.5) is 5.69 Å². The van der Waals surface area contributed by atoms with Gasteiger partial charge in [0, 0.05) is 29.1 Å². The summed E-state index contributed by atoms with van der Waals surface area (Å²) in [4.78, 5) is 4.93. The maximum atomic E-state index is 5.45. The molecule has 0 bridgehead atoms. The van der Waals surface area contributed by atoms with Gasteiger partial charge in [-0.2, -0.15) is 0 Å². The molecule has 20 heavy (non-hydrogen) atoms. The zero-order valence-corrected chi connectivity index (χ0v) is 14.2. The Kier molecular flexibility index (Phi) is 4.11. The summed E-state index contributed by atoms with van der Waals surface area (Å²) in [5.74, 6) is 1.08. The summed E-state index contributed by atoms with van der Waals surface area (Å²) in [6.45, 7) is 5.92. The van der Waals surface area contributed by atoms with E-state index in [9.17, 15) is 0 Å². The maximum absolute atomic E-state index is 5.45. The lowest BCUT2D eigenvalue weighted by Gasteiger charge is -2.29. The molecule has 0 unspecified atom stereocenters. The van der Waals surface area contributed by atoms with Crippen LogP contribution in [0.1, 0.15) is 24.0 Å². The molecule has 1 aromatic carbocycles. The number of nitrogens with one attached hydrogen (secondary N) is 1. The number of benzene rings is 1. The highest BCUT2D eigenvalue weighted by molar-refractivity contribution is 9.10. The van der Waals surface area contributed by atoms with E-state index in [1.807, 2.05) is 11.8 Å². The third-order valence-corrected chi connectivity index (χ3v) is 6.33. The summed E-state index contributed by atoms with van der Waals surface area (Å²) in [6, 6.07) is 4.32. The molecule has 3 rings (SSSR count). The number of amidine groups is 1. The van der Waals surface area contributed by atoms with Crippen LogP contribution in [-0.2, 0) is 4.74 Å². The zero-order chi connectivity index (χ0) is 14.2. The first-order valence-electron chi connectivity index (χ1n) is 6.92. The molecule has 0 radical (unpaired) electrons. The molecule has 1 N–H and O–H groups in total. The molecule has 0 saturated carbocycles. The molecule has 1 fully saturated rings. The number of thioether (sulfide) groups is 1. The van der Waals surface area contributed by atoms with E-state index in [0.29, 0.717) is 0 Å². The molecule has 0 aliphatic carbocycles. The highest BCUT2D eigenvalue weighted by atomic mass is 79.9. The Balaban J connectivity index is 1.77. The largest absolute Gasteiger partial charge is 0.381 e. The summed E-state index contributed by atoms with van der Waals surface area (Å²) in [5.41, 5.74) is 3.73. The van der Waals surface area contributed by atoms with E-state index >= 15 is 0 Å². The van der Waals surface area contributed by atoms with Crippen molar-refractivity contribution in [2.75, 3.05) is 24.3 Å². The van der Waals surface area contributed by atoms with Gasteiger partial charge < -0.3 is 10.1 Å². The SMILES string of the molecule is Cc1cc(NC2=NC3(CCOCC3)CS2)cc(C)c1Br. The number of rotatable bonds is 1. The number of aliphatic imine (C=N–C) groups is 1. The van der Waals surface area contributed by atoms with Crippen LogP contribution < -0.4 is 5.32 Å². The van der Waals surface area contributed by atoms with Crippen LogP contribution in [0.25, 0.3) is 0 Å². The van der Waals surface area contributed by atoms with Crippen molar-refractivity contribution in [2.45, 2.75) is 32.2 Å². The fourth-order valence-electron chi connectivity index (χ4n) is 2.70. The molecule has 2 aliphatic heterocycles. The van der Waals surface area contributed by atoms with Gasteiger partial charge in [0.15, 0.2) is 5.17 Å². The number of hydrogen-bond donors (Lipinski definition) is 1. The van der Waals surface area contributed by atoms with Gasteiger partial charge in [-0.3, -0.25) is 4.99 Å². The van der Waals surface area contributed by atoms with Gasteiger partial charge in [0.25, 0.3) is 0 Å². The van der Waals surface area contributed by atoms with E-state index in [1.54, 1.807) is 0 Å². The summed E-state index contributed by atoms with van der Waals surface area (Å²) in [5, 5.41) is 4.52. The van der Waals surface area contributed by atoms with E-state index in [-0.39, 0.29) is 5.54 Å².